The summed E-state index contributed by atoms with van der Waals surface area (Å²) in [6, 6.07) is 10.3. The van der Waals surface area contributed by atoms with Crippen LogP contribution in [-0.4, -0.2) is 30.9 Å². The Bertz CT molecular complexity index is 524. The third-order valence-corrected chi connectivity index (χ3v) is 3.70. The van der Waals surface area contributed by atoms with Crippen LogP contribution in [0.15, 0.2) is 30.3 Å². The summed E-state index contributed by atoms with van der Waals surface area (Å²) in [6.07, 6.45) is 2.83. The predicted octanol–water partition coefficient (Wildman–Crippen LogP) is 3.42. The van der Waals surface area contributed by atoms with Gasteiger partial charge in [0.05, 0.1) is 0 Å². The Morgan fingerprint density at radius 3 is 2.21 bits per heavy atom. The lowest BCUT2D eigenvalue weighted by atomic mass is 9.91. The van der Waals surface area contributed by atoms with Crippen LogP contribution in [0.4, 0.5) is 0 Å². The van der Waals surface area contributed by atoms with Gasteiger partial charge >= 0.3 is 11.9 Å². The summed E-state index contributed by atoms with van der Waals surface area (Å²) in [5.41, 5.74) is 1.30. The van der Waals surface area contributed by atoms with Crippen molar-refractivity contribution in [3.05, 3.63) is 35.9 Å². The number of ketones is 1. The molecule has 0 radical (unpaired) electrons. The summed E-state index contributed by atoms with van der Waals surface area (Å²) in [7, 11) is 0. The van der Waals surface area contributed by atoms with E-state index in [4.69, 9.17) is 9.47 Å². The van der Waals surface area contributed by atoms with E-state index in [0.717, 1.165) is 19.3 Å². The smallest absolute Gasteiger partial charge is 0.313 e. The molecule has 5 heteroatoms. The van der Waals surface area contributed by atoms with Gasteiger partial charge in [-0.1, -0.05) is 37.3 Å². The van der Waals surface area contributed by atoms with E-state index < -0.39 is 5.97 Å². The molecule has 132 valence electrons. The number of esters is 2. The standard InChI is InChI=1S/C19H26O5/c1-3-16(17-8-5-4-6-9-17)10-7-11-18(21)23-12-13-24-19(22)14-15(2)20/h4-6,8-9,16H,3,7,10-14H2,1-2H3. The van der Waals surface area contributed by atoms with Crippen molar-refractivity contribution < 1.29 is 23.9 Å². The van der Waals surface area contributed by atoms with Crippen LogP contribution in [0.25, 0.3) is 0 Å². The van der Waals surface area contributed by atoms with Crippen LogP contribution >= 0.6 is 0 Å². The fourth-order valence-electron chi connectivity index (χ4n) is 2.46. The van der Waals surface area contributed by atoms with Gasteiger partial charge in [-0.05, 0) is 37.7 Å². The minimum absolute atomic E-state index is 0.0144. The average Bonchev–Trinajstić information content (AvgIpc) is 2.56. The first-order valence-electron chi connectivity index (χ1n) is 8.38. The van der Waals surface area contributed by atoms with Crippen LogP contribution < -0.4 is 0 Å². The van der Waals surface area contributed by atoms with Gasteiger partial charge in [0.15, 0.2) is 0 Å². The van der Waals surface area contributed by atoms with Gasteiger partial charge in [0, 0.05) is 6.42 Å². The van der Waals surface area contributed by atoms with Crippen LogP contribution in [0.5, 0.6) is 0 Å². The van der Waals surface area contributed by atoms with E-state index in [1.54, 1.807) is 0 Å². The molecule has 0 aliphatic heterocycles. The van der Waals surface area contributed by atoms with Gasteiger partial charge < -0.3 is 9.47 Å². The van der Waals surface area contributed by atoms with Gasteiger partial charge in [-0.2, -0.15) is 0 Å². The summed E-state index contributed by atoms with van der Waals surface area (Å²) in [5, 5.41) is 0. The highest BCUT2D eigenvalue weighted by Gasteiger charge is 2.11. The molecular weight excluding hydrogens is 308 g/mol. The van der Waals surface area contributed by atoms with Crippen LogP contribution in [-0.2, 0) is 23.9 Å². The third kappa shape index (κ3) is 8.46. The Morgan fingerprint density at radius 2 is 1.62 bits per heavy atom. The summed E-state index contributed by atoms with van der Waals surface area (Å²) < 4.78 is 9.80. The van der Waals surface area contributed by atoms with Crippen molar-refractivity contribution in [2.24, 2.45) is 0 Å². The lowest BCUT2D eigenvalue weighted by molar-refractivity contribution is -0.153. The van der Waals surface area contributed by atoms with E-state index >= 15 is 0 Å². The van der Waals surface area contributed by atoms with E-state index in [9.17, 15) is 14.4 Å². The number of carbonyl (C=O) groups is 3. The second-order valence-corrected chi connectivity index (χ2v) is 5.73. The fourth-order valence-corrected chi connectivity index (χ4v) is 2.46. The molecule has 1 aromatic rings. The summed E-state index contributed by atoms with van der Waals surface area (Å²) in [4.78, 5) is 33.5. The first kappa shape index (κ1) is 19.9. The number of hydrogen-bond acceptors (Lipinski definition) is 5. The number of carbonyl (C=O) groups excluding carboxylic acids is 3. The van der Waals surface area contributed by atoms with E-state index in [0.29, 0.717) is 12.3 Å². The van der Waals surface area contributed by atoms with Gasteiger partial charge in [0.25, 0.3) is 0 Å². The molecule has 0 aromatic heterocycles. The molecule has 24 heavy (non-hydrogen) atoms. The molecule has 0 aliphatic carbocycles. The Labute approximate surface area is 143 Å². The van der Waals surface area contributed by atoms with Crippen LogP contribution in [0.2, 0.25) is 0 Å². The number of Topliss-reactive ketones (excluding diaryl/α,β-unsaturated/α-hetero) is 1. The minimum Gasteiger partial charge on any atom is -0.462 e. The molecule has 1 aromatic carbocycles. The van der Waals surface area contributed by atoms with Gasteiger partial charge in [0.2, 0.25) is 0 Å². The average molecular weight is 334 g/mol. The van der Waals surface area contributed by atoms with Crippen molar-refractivity contribution in [1.82, 2.24) is 0 Å². The molecule has 0 saturated heterocycles. The van der Waals surface area contributed by atoms with Gasteiger partial charge in [-0.15, -0.1) is 0 Å². The van der Waals surface area contributed by atoms with E-state index in [1.165, 1.54) is 12.5 Å². The van der Waals surface area contributed by atoms with E-state index in [1.807, 2.05) is 18.2 Å². The molecule has 0 aliphatic rings. The molecule has 0 amide bonds. The summed E-state index contributed by atoms with van der Waals surface area (Å²) in [5.74, 6) is -0.680. The first-order valence-corrected chi connectivity index (χ1v) is 8.38. The topological polar surface area (TPSA) is 69.7 Å². The Hall–Kier alpha value is -2.17. The zero-order chi connectivity index (χ0) is 17.8. The van der Waals surface area contributed by atoms with Crippen LogP contribution in [0, 0.1) is 0 Å². The Kier molecular flexibility index (Phi) is 9.42. The highest BCUT2D eigenvalue weighted by atomic mass is 16.6. The molecule has 0 fully saturated rings. The minimum atomic E-state index is -0.591. The Morgan fingerprint density at radius 1 is 1.00 bits per heavy atom. The highest BCUT2D eigenvalue weighted by Crippen LogP contribution is 2.25. The van der Waals surface area contributed by atoms with Crippen LogP contribution in [0.1, 0.15) is 57.4 Å². The maximum Gasteiger partial charge on any atom is 0.313 e. The second kappa shape index (κ2) is 11.4. The SMILES string of the molecule is CCC(CCCC(=O)OCCOC(=O)CC(C)=O)c1ccccc1. The molecule has 0 bridgehead atoms. The normalized spacial score (nSPS) is 11.6. The van der Waals surface area contributed by atoms with Crippen molar-refractivity contribution in [1.29, 1.82) is 0 Å². The van der Waals surface area contributed by atoms with E-state index in [-0.39, 0.29) is 31.4 Å². The number of hydrogen-bond donors (Lipinski definition) is 0. The third-order valence-electron chi connectivity index (χ3n) is 3.70. The zero-order valence-corrected chi connectivity index (χ0v) is 14.5. The maximum atomic E-state index is 11.7. The summed E-state index contributed by atoms with van der Waals surface area (Å²) in [6.45, 7) is 3.48. The number of ether oxygens (including phenoxy) is 2. The molecule has 0 saturated carbocycles. The van der Waals surface area contributed by atoms with Gasteiger partial charge in [-0.25, -0.2) is 0 Å². The molecular formula is C19H26O5. The lowest BCUT2D eigenvalue weighted by Gasteiger charge is -2.14. The van der Waals surface area contributed by atoms with Crippen molar-refractivity contribution in [2.75, 3.05) is 13.2 Å². The molecule has 1 unspecified atom stereocenters. The molecule has 0 heterocycles. The molecule has 1 atom stereocenters. The zero-order valence-electron chi connectivity index (χ0n) is 14.5. The van der Waals surface area contributed by atoms with Crippen molar-refractivity contribution in [2.45, 2.75) is 51.9 Å². The molecule has 0 N–H and O–H groups in total. The maximum absolute atomic E-state index is 11.7. The molecule has 0 spiro atoms. The molecule has 1 rings (SSSR count). The lowest BCUT2D eigenvalue weighted by Crippen LogP contribution is -2.15. The van der Waals surface area contributed by atoms with Crippen LogP contribution in [0.3, 0.4) is 0 Å². The number of benzene rings is 1. The van der Waals surface area contributed by atoms with Gasteiger partial charge in [-0.3, -0.25) is 14.4 Å². The largest absolute Gasteiger partial charge is 0.462 e. The van der Waals surface area contributed by atoms with Crippen molar-refractivity contribution >= 4 is 17.7 Å². The second-order valence-electron chi connectivity index (χ2n) is 5.73. The molecule has 5 nitrogen and oxygen atoms in total. The Balaban J connectivity index is 2.15. The summed E-state index contributed by atoms with van der Waals surface area (Å²) >= 11 is 0. The predicted molar refractivity (Wildman–Crippen MR) is 90.5 cm³/mol. The van der Waals surface area contributed by atoms with Crippen molar-refractivity contribution in [3.63, 3.8) is 0 Å². The monoisotopic (exact) mass is 334 g/mol. The quantitative estimate of drug-likeness (QED) is 0.352. The highest BCUT2D eigenvalue weighted by molar-refractivity contribution is 5.94. The number of rotatable bonds is 11. The van der Waals surface area contributed by atoms with Gasteiger partial charge in [0.1, 0.15) is 25.4 Å². The first-order chi connectivity index (χ1) is 11.5. The fraction of sp³-hybridized carbons (Fsp3) is 0.526. The van der Waals surface area contributed by atoms with Crippen molar-refractivity contribution in [3.8, 4) is 0 Å². The van der Waals surface area contributed by atoms with E-state index in [2.05, 4.69) is 19.1 Å².